The van der Waals surface area contributed by atoms with E-state index in [0.717, 1.165) is 18.4 Å². The number of aliphatic hydroxyl groups is 1. The summed E-state index contributed by atoms with van der Waals surface area (Å²) in [7, 11) is 0. The highest BCUT2D eigenvalue weighted by Gasteiger charge is 2.12. The molecule has 0 aliphatic rings. The number of aliphatic hydroxyl groups excluding tert-OH is 1. The third-order valence-corrected chi connectivity index (χ3v) is 2.00. The van der Waals surface area contributed by atoms with E-state index >= 15 is 0 Å². The summed E-state index contributed by atoms with van der Waals surface area (Å²) in [5.41, 5.74) is 0.773. The van der Waals surface area contributed by atoms with Crippen LogP contribution in [0.4, 0.5) is 0 Å². The van der Waals surface area contributed by atoms with Crippen molar-refractivity contribution in [2.75, 3.05) is 19.7 Å². The number of allylic oxidation sites excluding steroid dienone is 1. The van der Waals surface area contributed by atoms with E-state index in [4.69, 9.17) is 5.11 Å². The molecule has 82 valence electrons. The second-order valence-corrected chi connectivity index (χ2v) is 3.31. The second-order valence-electron chi connectivity index (χ2n) is 3.31. The van der Waals surface area contributed by atoms with Crippen molar-refractivity contribution in [3.63, 3.8) is 0 Å². The Balaban J connectivity index is 4.34. The highest BCUT2D eigenvalue weighted by Crippen LogP contribution is 2.03. The summed E-state index contributed by atoms with van der Waals surface area (Å²) in [6.45, 7) is 7.04. The van der Waals surface area contributed by atoms with E-state index in [1.54, 1.807) is 4.90 Å². The molecule has 1 amide bonds. The van der Waals surface area contributed by atoms with Crippen molar-refractivity contribution in [2.24, 2.45) is 0 Å². The molecule has 14 heavy (non-hydrogen) atoms. The maximum absolute atomic E-state index is 11.8. The fourth-order valence-electron chi connectivity index (χ4n) is 1.35. The Hall–Kier alpha value is -0.830. The minimum Gasteiger partial charge on any atom is -0.395 e. The molecule has 3 nitrogen and oxygen atoms in total. The molecule has 0 bridgehead atoms. The molecular formula is C11H21NO2. The Kier molecular flexibility index (Phi) is 7.11. The predicted molar refractivity (Wildman–Crippen MR) is 58.0 cm³/mol. The van der Waals surface area contributed by atoms with Gasteiger partial charge in [-0.3, -0.25) is 4.79 Å². The summed E-state index contributed by atoms with van der Waals surface area (Å²) in [4.78, 5) is 13.5. The Morgan fingerprint density at radius 1 is 1.36 bits per heavy atom. The monoisotopic (exact) mass is 199 g/mol. The van der Waals surface area contributed by atoms with E-state index in [0.29, 0.717) is 13.1 Å². The van der Waals surface area contributed by atoms with Gasteiger partial charge >= 0.3 is 0 Å². The maximum Gasteiger partial charge on any atom is 0.249 e. The number of hydrogen-bond donors (Lipinski definition) is 1. The van der Waals surface area contributed by atoms with Crippen molar-refractivity contribution in [1.29, 1.82) is 0 Å². The fraction of sp³-hybridized carbons (Fsp3) is 0.727. The van der Waals surface area contributed by atoms with Gasteiger partial charge in [0.05, 0.1) is 6.61 Å². The first-order valence-corrected chi connectivity index (χ1v) is 5.24. The zero-order valence-corrected chi connectivity index (χ0v) is 9.42. The molecule has 1 N–H and O–H groups in total. The van der Waals surface area contributed by atoms with Crippen LogP contribution in [0, 0.1) is 0 Å². The van der Waals surface area contributed by atoms with Gasteiger partial charge in [-0.05, 0) is 19.8 Å². The normalized spacial score (nSPS) is 11.6. The third-order valence-electron chi connectivity index (χ3n) is 2.00. The standard InChI is InChI=1S/C11H21NO2/c1-4-6-10(3)11(14)12(7-5-2)8-9-13/h6,13H,4-5,7-9H2,1-3H3. The van der Waals surface area contributed by atoms with Gasteiger partial charge in [0.2, 0.25) is 5.91 Å². The molecule has 0 rings (SSSR count). The predicted octanol–water partition coefficient (Wildman–Crippen LogP) is 1.57. The smallest absolute Gasteiger partial charge is 0.249 e. The highest BCUT2D eigenvalue weighted by molar-refractivity contribution is 5.92. The lowest BCUT2D eigenvalue weighted by atomic mass is 10.2. The Bertz CT molecular complexity index is 193. The van der Waals surface area contributed by atoms with Crippen LogP contribution in [-0.2, 0) is 4.79 Å². The molecule has 0 saturated carbocycles. The average molecular weight is 199 g/mol. The third kappa shape index (κ3) is 4.42. The van der Waals surface area contributed by atoms with Gasteiger partial charge in [0.25, 0.3) is 0 Å². The fourth-order valence-corrected chi connectivity index (χ4v) is 1.35. The lowest BCUT2D eigenvalue weighted by Gasteiger charge is -2.21. The molecule has 0 aromatic carbocycles. The van der Waals surface area contributed by atoms with E-state index in [-0.39, 0.29) is 12.5 Å². The average Bonchev–Trinajstić information content (AvgIpc) is 2.17. The first-order valence-electron chi connectivity index (χ1n) is 5.24. The minimum absolute atomic E-state index is 0.0329. The van der Waals surface area contributed by atoms with Crippen molar-refractivity contribution >= 4 is 5.91 Å². The molecule has 0 fully saturated rings. The van der Waals surface area contributed by atoms with Crippen LogP contribution >= 0.6 is 0 Å². The zero-order chi connectivity index (χ0) is 11.0. The van der Waals surface area contributed by atoms with Gasteiger partial charge in [0.15, 0.2) is 0 Å². The molecule has 0 radical (unpaired) electrons. The SMILES string of the molecule is CCC=C(C)C(=O)N(CCC)CCO. The summed E-state index contributed by atoms with van der Waals surface area (Å²) in [6, 6.07) is 0. The van der Waals surface area contributed by atoms with Gasteiger partial charge in [0, 0.05) is 18.7 Å². The largest absolute Gasteiger partial charge is 0.395 e. The van der Waals surface area contributed by atoms with Crippen molar-refractivity contribution in [2.45, 2.75) is 33.6 Å². The molecule has 0 aromatic heterocycles. The van der Waals surface area contributed by atoms with Gasteiger partial charge < -0.3 is 10.0 Å². The van der Waals surface area contributed by atoms with Crippen molar-refractivity contribution in [3.05, 3.63) is 11.6 Å². The van der Waals surface area contributed by atoms with Crippen LogP contribution in [0.15, 0.2) is 11.6 Å². The van der Waals surface area contributed by atoms with Gasteiger partial charge in [-0.1, -0.05) is 19.9 Å². The molecule has 0 aromatic rings. The summed E-state index contributed by atoms with van der Waals surface area (Å²) < 4.78 is 0. The number of hydrogen-bond acceptors (Lipinski definition) is 2. The van der Waals surface area contributed by atoms with Crippen LogP contribution in [0.25, 0.3) is 0 Å². The van der Waals surface area contributed by atoms with Crippen LogP contribution in [0.1, 0.15) is 33.6 Å². The van der Waals surface area contributed by atoms with Gasteiger partial charge in [0.1, 0.15) is 0 Å². The number of nitrogens with zero attached hydrogens (tertiary/aromatic N) is 1. The molecule has 0 saturated heterocycles. The van der Waals surface area contributed by atoms with Crippen molar-refractivity contribution in [1.82, 2.24) is 4.90 Å². The van der Waals surface area contributed by atoms with Crippen LogP contribution in [0.2, 0.25) is 0 Å². The zero-order valence-electron chi connectivity index (χ0n) is 9.42. The van der Waals surface area contributed by atoms with Gasteiger partial charge in [-0.25, -0.2) is 0 Å². The summed E-state index contributed by atoms with van der Waals surface area (Å²) >= 11 is 0. The molecule has 0 unspecified atom stereocenters. The minimum atomic E-state index is 0.0329. The van der Waals surface area contributed by atoms with E-state index in [1.165, 1.54) is 0 Å². The van der Waals surface area contributed by atoms with Crippen LogP contribution in [0.3, 0.4) is 0 Å². The molecule has 3 heteroatoms. The van der Waals surface area contributed by atoms with E-state index < -0.39 is 0 Å². The number of carbonyl (C=O) groups is 1. The van der Waals surface area contributed by atoms with E-state index in [9.17, 15) is 4.79 Å². The van der Waals surface area contributed by atoms with Crippen LogP contribution in [-0.4, -0.2) is 35.6 Å². The first-order chi connectivity index (χ1) is 6.67. The lowest BCUT2D eigenvalue weighted by Crippen LogP contribution is -2.34. The number of rotatable bonds is 6. The number of amides is 1. The van der Waals surface area contributed by atoms with Crippen LogP contribution in [0.5, 0.6) is 0 Å². The molecule has 0 spiro atoms. The molecule has 0 aliphatic carbocycles. The van der Waals surface area contributed by atoms with E-state index in [1.807, 2.05) is 26.8 Å². The van der Waals surface area contributed by atoms with Crippen molar-refractivity contribution in [3.8, 4) is 0 Å². The summed E-state index contributed by atoms with van der Waals surface area (Å²) in [6.07, 6.45) is 3.71. The Morgan fingerprint density at radius 3 is 2.43 bits per heavy atom. The Morgan fingerprint density at radius 2 is 2.00 bits per heavy atom. The van der Waals surface area contributed by atoms with Gasteiger partial charge in [-0.2, -0.15) is 0 Å². The topological polar surface area (TPSA) is 40.5 Å². The molecule has 0 aliphatic heterocycles. The van der Waals surface area contributed by atoms with Crippen LogP contribution < -0.4 is 0 Å². The first kappa shape index (κ1) is 13.2. The molecule has 0 atom stereocenters. The lowest BCUT2D eigenvalue weighted by molar-refractivity contribution is -0.127. The van der Waals surface area contributed by atoms with E-state index in [2.05, 4.69) is 0 Å². The number of carbonyl (C=O) groups excluding carboxylic acids is 1. The highest BCUT2D eigenvalue weighted by atomic mass is 16.3. The van der Waals surface area contributed by atoms with Gasteiger partial charge in [-0.15, -0.1) is 0 Å². The Labute approximate surface area is 86.4 Å². The molecular weight excluding hydrogens is 178 g/mol. The quantitative estimate of drug-likeness (QED) is 0.660. The second kappa shape index (κ2) is 7.56. The summed E-state index contributed by atoms with van der Waals surface area (Å²) in [5.74, 6) is 0.0442. The van der Waals surface area contributed by atoms with Crippen molar-refractivity contribution < 1.29 is 9.90 Å². The molecule has 0 heterocycles. The summed E-state index contributed by atoms with van der Waals surface area (Å²) in [5, 5.41) is 8.81. The maximum atomic E-state index is 11.8.